The summed E-state index contributed by atoms with van der Waals surface area (Å²) in [6.07, 6.45) is 41.3. The fourth-order valence-electron chi connectivity index (χ4n) is 8.18. The molecular weight excluding hydrogens is 723 g/mol. The molecule has 3 atom stereocenters. The van der Waals surface area contributed by atoms with Crippen molar-refractivity contribution in [3.05, 3.63) is 18.7 Å². The molecule has 0 radical (unpaired) electrons. The molecule has 58 heavy (non-hydrogen) atoms. The van der Waals surface area contributed by atoms with Gasteiger partial charge in [0.25, 0.3) is 0 Å². The first-order valence-electron chi connectivity index (χ1n) is 25.1. The van der Waals surface area contributed by atoms with Gasteiger partial charge in [-0.2, -0.15) is 0 Å². The van der Waals surface area contributed by atoms with Crippen molar-refractivity contribution in [2.75, 3.05) is 32.8 Å². The van der Waals surface area contributed by atoms with Crippen molar-refractivity contribution in [1.29, 1.82) is 0 Å². The molecule has 1 aromatic heterocycles. The second-order valence-electron chi connectivity index (χ2n) is 17.7. The van der Waals surface area contributed by atoms with Crippen LogP contribution < -0.4 is 0 Å². The number of unbranched alkanes of at least 4 members (excludes halogenated alkanes) is 18. The zero-order valence-electron chi connectivity index (χ0n) is 38.8. The lowest BCUT2D eigenvalue weighted by atomic mass is 9.95. The minimum atomic E-state index is -0.485. The highest BCUT2D eigenvalue weighted by molar-refractivity contribution is 5.69. The van der Waals surface area contributed by atoms with Crippen LogP contribution in [0.3, 0.4) is 0 Å². The molecule has 1 rings (SSSR count). The zero-order valence-corrected chi connectivity index (χ0v) is 38.8. The van der Waals surface area contributed by atoms with E-state index in [-0.39, 0.29) is 11.9 Å². The number of aliphatic hydroxyl groups is 1. The van der Waals surface area contributed by atoms with Gasteiger partial charge in [0.05, 0.1) is 25.6 Å². The number of carbonyl (C=O) groups is 2. The fraction of sp³-hybridized carbons (Fsp3) is 0.900. The van der Waals surface area contributed by atoms with Crippen molar-refractivity contribution in [3.8, 4) is 0 Å². The van der Waals surface area contributed by atoms with Gasteiger partial charge in [-0.15, -0.1) is 0 Å². The van der Waals surface area contributed by atoms with Crippen LogP contribution in [-0.2, 0) is 25.6 Å². The summed E-state index contributed by atoms with van der Waals surface area (Å²) in [5.74, 6) is 0.797. The number of carbonyl (C=O) groups excluding carboxylic acids is 2. The predicted molar refractivity (Wildman–Crippen MR) is 244 cm³/mol. The number of imidazole rings is 1. The van der Waals surface area contributed by atoms with Gasteiger partial charge < -0.3 is 24.0 Å². The molecule has 0 saturated heterocycles. The Hall–Kier alpha value is -1.93. The first-order chi connectivity index (χ1) is 28.4. The monoisotopic (exact) mass is 818 g/mol. The second kappa shape index (κ2) is 40.5. The molecule has 0 aliphatic heterocycles. The first kappa shape index (κ1) is 54.1. The van der Waals surface area contributed by atoms with Gasteiger partial charge in [-0.3, -0.25) is 9.59 Å². The minimum Gasteiger partial charge on any atom is -0.465 e. The summed E-state index contributed by atoms with van der Waals surface area (Å²) in [7, 11) is 0. The minimum absolute atomic E-state index is 0.0482. The van der Waals surface area contributed by atoms with Gasteiger partial charge in [0.1, 0.15) is 0 Å². The Bertz CT molecular complexity index is 1020. The summed E-state index contributed by atoms with van der Waals surface area (Å²) < 4.78 is 13.7. The van der Waals surface area contributed by atoms with Crippen LogP contribution in [0, 0.1) is 11.8 Å². The molecule has 1 N–H and O–H groups in total. The third-order valence-electron chi connectivity index (χ3n) is 12.0. The molecule has 1 heterocycles. The Labute approximate surface area is 358 Å². The van der Waals surface area contributed by atoms with E-state index in [0.29, 0.717) is 57.3 Å². The van der Waals surface area contributed by atoms with Gasteiger partial charge in [-0.25, -0.2) is 4.98 Å². The summed E-state index contributed by atoms with van der Waals surface area (Å²) in [5, 5.41) is 11.0. The first-order valence-corrected chi connectivity index (χ1v) is 25.1. The number of ether oxygens (including phenoxy) is 2. The number of rotatable bonds is 44. The number of nitrogens with zero attached hydrogens (tertiary/aromatic N) is 3. The molecule has 0 amide bonds. The van der Waals surface area contributed by atoms with Crippen LogP contribution in [-0.4, -0.2) is 70.4 Å². The summed E-state index contributed by atoms with van der Waals surface area (Å²) in [5.41, 5.74) is 0. The van der Waals surface area contributed by atoms with Gasteiger partial charge in [-0.1, -0.05) is 163 Å². The molecule has 0 aliphatic rings. The van der Waals surface area contributed by atoms with Gasteiger partial charge in [0.2, 0.25) is 0 Å². The van der Waals surface area contributed by atoms with E-state index in [1.54, 1.807) is 0 Å². The van der Waals surface area contributed by atoms with E-state index in [1.807, 2.05) is 18.7 Å². The Morgan fingerprint density at radius 3 is 1.47 bits per heavy atom. The third kappa shape index (κ3) is 33.9. The lowest BCUT2D eigenvalue weighted by Crippen LogP contribution is -2.34. The quantitative estimate of drug-likeness (QED) is 0.0518. The van der Waals surface area contributed by atoms with E-state index in [1.165, 1.54) is 141 Å². The van der Waals surface area contributed by atoms with Gasteiger partial charge in [0, 0.05) is 38.3 Å². The molecule has 8 heteroatoms. The summed E-state index contributed by atoms with van der Waals surface area (Å²) in [6.45, 7) is 13.4. The molecule has 0 bridgehead atoms. The van der Waals surface area contributed by atoms with E-state index in [9.17, 15) is 14.7 Å². The molecule has 0 aromatic carbocycles. The number of hydrogen-bond acceptors (Lipinski definition) is 7. The van der Waals surface area contributed by atoms with E-state index >= 15 is 0 Å². The normalized spacial score (nSPS) is 13.2. The number of aromatic nitrogens is 2. The van der Waals surface area contributed by atoms with Crippen molar-refractivity contribution >= 4 is 11.9 Å². The maximum absolute atomic E-state index is 12.7. The van der Waals surface area contributed by atoms with Crippen LogP contribution in [0.1, 0.15) is 233 Å². The average Bonchev–Trinajstić information content (AvgIpc) is 3.74. The number of aliphatic hydroxyl groups excluding tert-OH is 1. The van der Waals surface area contributed by atoms with Gasteiger partial charge >= 0.3 is 11.9 Å². The topological polar surface area (TPSA) is 93.9 Å². The van der Waals surface area contributed by atoms with Gasteiger partial charge in [0.15, 0.2) is 0 Å². The molecular formula is C50H95N3O5. The lowest BCUT2D eigenvalue weighted by molar-refractivity contribution is -0.146. The fourth-order valence-corrected chi connectivity index (χ4v) is 8.18. The summed E-state index contributed by atoms with van der Waals surface area (Å²) in [6, 6.07) is 0. The van der Waals surface area contributed by atoms with Crippen LogP contribution in [0.2, 0.25) is 0 Å². The van der Waals surface area contributed by atoms with Crippen LogP contribution in [0.25, 0.3) is 0 Å². The zero-order chi connectivity index (χ0) is 42.2. The van der Waals surface area contributed by atoms with Crippen LogP contribution in [0.15, 0.2) is 18.7 Å². The van der Waals surface area contributed by atoms with E-state index in [2.05, 4.69) is 42.1 Å². The Kier molecular flexibility index (Phi) is 37.7. The summed E-state index contributed by atoms with van der Waals surface area (Å²) in [4.78, 5) is 32.0. The van der Waals surface area contributed by atoms with E-state index in [0.717, 1.165) is 58.2 Å². The summed E-state index contributed by atoms with van der Waals surface area (Å²) >= 11 is 0. The molecule has 0 spiro atoms. The average molecular weight is 818 g/mol. The molecule has 0 fully saturated rings. The Morgan fingerprint density at radius 2 is 0.983 bits per heavy atom. The van der Waals surface area contributed by atoms with Crippen molar-refractivity contribution in [3.63, 3.8) is 0 Å². The standard InChI is InChI=1S/C50H95N3O5/c1-5-9-13-17-19-24-32-46(30-22-15-11-7-3)43-57-49(55)35-26-21-27-38-52(39-29-40-53-41-37-51-45-53)42-48(54)34-28-36-50(56)58-44-47(31-23-16-12-8-4)33-25-20-18-14-10-6-2/h37,41,45-48,54H,5-36,38-40,42-44H2,1-4H3. The van der Waals surface area contributed by atoms with Crippen molar-refractivity contribution < 1.29 is 24.2 Å². The van der Waals surface area contributed by atoms with Crippen molar-refractivity contribution in [1.82, 2.24) is 14.5 Å². The second-order valence-corrected chi connectivity index (χ2v) is 17.7. The molecule has 3 unspecified atom stereocenters. The lowest BCUT2D eigenvalue weighted by Gasteiger charge is -2.25. The highest BCUT2D eigenvalue weighted by Gasteiger charge is 2.16. The smallest absolute Gasteiger partial charge is 0.305 e. The number of esters is 2. The predicted octanol–water partition coefficient (Wildman–Crippen LogP) is 13.4. The maximum atomic E-state index is 12.7. The number of hydrogen-bond donors (Lipinski definition) is 1. The molecule has 0 aliphatic carbocycles. The van der Waals surface area contributed by atoms with E-state index in [4.69, 9.17) is 9.47 Å². The maximum Gasteiger partial charge on any atom is 0.305 e. The van der Waals surface area contributed by atoms with E-state index < -0.39 is 6.10 Å². The third-order valence-corrected chi connectivity index (χ3v) is 12.0. The molecule has 8 nitrogen and oxygen atoms in total. The Morgan fingerprint density at radius 1 is 0.552 bits per heavy atom. The van der Waals surface area contributed by atoms with Gasteiger partial charge in [-0.05, 0) is 82.7 Å². The Balaban J connectivity index is 2.46. The van der Waals surface area contributed by atoms with Crippen LogP contribution >= 0.6 is 0 Å². The number of aryl methyl sites for hydroxylation is 1. The van der Waals surface area contributed by atoms with Crippen LogP contribution in [0.4, 0.5) is 0 Å². The highest BCUT2D eigenvalue weighted by Crippen LogP contribution is 2.22. The van der Waals surface area contributed by atoms with Crippen molar-refractivity contribution in [2.24, 2.45) is 11.8 Å². The van der Waals surface area contributed by atoms with Crippen molar-refractivity contribution in [2.45, 2.75) is 246 Å². The SMILES string of the molecule is CCCCCCCCC(CCCCCC)COC(=O)CCCCCN(CCCn1ccnc1)CC(O)CCCC(=O)OCC(CCCCCC)CCCCCCCC. The highest BCUT2D eigenvalue weighted by atomic mass is 16.5. The van der Waals surface area contributed by atoms with Crippen LogP contribution in [0.5, 0.6) is 0 Å². The molecule has 0 saturated carbocycles. The largest absolute Gasteiger partial charge is 0.465 e. The molecule has 1 aromatic rings. The molecule has 340 valence electrons.